The van der Waals surface area contributed by atoms with Crippen LogP contribution in [0.5, 0.6) is 0 Å². The van der Waals surface area contributed by atoms with Crippen LogP contribution in [0.4, 0.5) is 0 Å². The summed E-state index contributed by atoms with van der Waals surface area (Å²) in [6.07, 6.45) is 14.6. The van der Waals surface area contributed by atoms with Crippen molar-refractivity contribution in [3.63, 3.8) is 0 Å². The largest absolute Gasteiger partial charge is 0.330 e. The van der Waals surface area contributed by atoms with Crippen molar-refractivity contribution >= 4 is 5.84 Å². The van der Waals surface area contributed by atoms with Crippen molar-refractivity contribution in [1.29, 1.82) is 0 Å². The third-order valence-corrected chi connectivity index (χ3v) is 4.75. The average molecular weight is 358 g/mol. The van der Waals surface area contributed by atoms with Crippen molar-refractivity contribution in [2.75, 3.05) is 40.3 Å². The van der Waals surface area contributed by atoms with Crippen LogP contribution >= 0.6 is 0 Å². The van der Waals surface area contributed by atoms with E-state index < -0.39 is 0 Å². The molecule has 0 aliphatic carbocycles. The Kier molecular flexibility index (Phi) is 22.8. The van der Waals surface area contributed by atoms with Crippen LogP contribution in [0.25, 0.3) is 0 Å². The number of nitrogens with two attached hydrogens (primary N) is 2. The second-order valence-corrected chi connectivity index (χ2v) is 6.86. The van der Waals surface area contributed by atoms with E-state index in [1.54, 1.807) is 0 Å². The third kappa shape index (κ3) is 18.0. The van der Waals surface area contributed by atoms with Gasteiger partial charge in [-0.25, -0.2) is 0 Å². The summed E-state index contributed by atoms with van der Waals surface area (Å²) in [5, 5.41) is 0. The molecule has 0 aromatic carbocycles. The standard InChI is InChI=1S/C19H43N4.C2H6/c1-19(23(3)18-14-16-21)22(2)17-13-11-9-7-5-4-6-8-10-12-15-20;1-2/h4-18,20-21H2,1-3H3;1-2H3/q+1;. The maximum atomic E-state index is 5.58. The molecule has 0 fully saturated rings. The van der Waals surface area contributed by atoms with E-state index in [2.05, 4.69) is 30.5 Å². The molecule has 152 valence electrons. The van der Waals surface area contributed by atoms with E-state index in [0.717, 1.165) is 32.6 Å². The quantitative estimate of drug-likeness (QED) is 0.200. The van der Waals surface area contributed by atoms with Gasteiger partial charge in [-0.2, -0.15) is 0 Å². The fourth-order valence-corrected chi connectivity index (χ4v) is 2.85. The highest BCUT2D eigenvalue weighted by Gasteiger charge is 2.10. The van der Waals surface area contributed by atoms with Crippen LogP contribution < -0.4 is 11.5 Å². The highest BCUT2D eigenvalue weighted by atomic mass is 15.2. The molecule has 0 aromatic rings. The molecule has 0 aliphatic rings. The molecule has 0 heterocycles. The van der Waals surface area contributed by atoms with E-state index in [-0.39, 0.29) is 0 Å². The van der Waals surface area contributed by atoms with Crippen molar-refractivity contribution in [3.8, 4) is 0 Å². The van der Waals surface area contributed by atoms with Gasteiger partial charge in [-0.15, -0.1) is 0 Å². The fourth-order valence-electron chi connectivity index (χ4n) is 2.85. The summed E-state index contributed by atoms with van der Waals surface area (Å²) >= 11 is 0. The second-order valence-electron chi connectivity index (χ2n) is 6.86. The molecule has 0 spiro atoms. The Morgan fingerprint density at radius 3 is 1.56 bits per heavy atom. The van der Waals surface area contributed by atoms with Gasteiger partial charge >= 0.3 is 0 Å². The fraction of sp³-hybridized carbons (Fsp3) is 0.952. The van der Waals surface area contributed by atoms with Crippen LogP contribution in [0.1, 0.15) is 91.4 Å². The van der Waals surface area contributed by atoms with Crippen LogP contribution in [-0.4, -0.2) is 55.6 Å². The molecule has 0 aromatic heterocycles. The lowest BCUT2D eigenvalue weighted by Crippen LogP contribution is -2.33. The number of unbranched alkanes of at least 4 members (excludes halogenated alkanes) is 9. The first kappa shape index (κ1) is 26.6. The van der Waals surface area contributed by atoms with E-state index in [1.165, 1.54) is 70.0 Å². The Labute approximate surface area is 159 Å². The molecule has 0 unspecified atom stereocenters. The Bertz CT molecular complexity index is 290. The smallest absolute Gasteiger partial charge is 0.243 e. The molecule has 0 rings (SSSR count). The summed E-state index contributed by atoms with van der Waals surface area (Å²) in [6, 6.07) is 0. The summed E-state index contributed by atoms with van der Waals surface area (Å²) in [5.41, 5.74) is 11.1. The van der Waals surface area contributed by atoms with Crippen molar-refractivity contribution in [1.82, 2.24) is 4.90 Å². The highest BCUT2D eigenvalue weighted by Crippen LogP contribution is 2.10. The third-order valence-electron chi connectivity index (χ3n) is 4.75. The highest BCUT2D eigenvalue weighted by molar-refractivity contribution is 5.74. The summed E-state index contributed by atoms with van der Waals surface area (Å²) < 4.78 is 2.32. The Morgan fingerprint density at radius 1 is 0.720 bits per heavy atom. The molecule has 0 bridgehead atoms. The Hall–Kier alpha value is -0.610. The van der Waals surface area contributed by atoms with Crippen LogP contribution in [0.15, 0.2) is 0 Å². The normalized spacial score (nSPS) is 11.6. The Balaban J connectivity index is 0. The maximum absolute atomic E-state index is 5.58. The average Bonchev–Trinajstić information content (AvgIpc) is 2.64. The molecule has 0 atom stereocenters. The molecular weight excluding hydrogens is 308 g/mol. The molecule has 4 heteroatoms. The van der Waals surface area contributed by atoms with Gasteiger partial charge < -0.3 is 11.5 Å². The number of hydrogen-bond acceptors (Lipinski definition) is 2. The minimum Gasteiger partial charge on any atom is -0.330 e. The minimum atomic E-state index is 0.772. The second kappa shape index (κ2) is 21.4. The van der Waals surface area contributed by atoms with E-state index in [1.807, 2.05) is 13.8 Å². The van der Waals surface area contributed by atoms with Crippen LogP contribution in [-0.2, 0) is 0 Å². The molecule has 0 saturated heterocycles. The van der Waals surface area contributed by atoms with Crippen molar-refractivity contribution in [2.45, 2.75) is 91.4 Å². The summed E-state index contributed by atoms with van der Waals surface area (Å²) in [4.78, 5) is 2.38. The Morgan fingerprint density at radius 2 is 1.12 bits per heavy atom. The number of rotatable bonds is 15. The van der Waals surface area contributed by atoms with Crippen LogP contribution in [0.3, 0.4) is 0 Å². The lowest BCUT2D eigenvalue weighted by atomic mass is 10.1. The zero-order valence-electron chi connectivity index (χ0n) is 18.2. The van der Waals surface area contributed by atoms with Gasteiger partial charge in [-0.05, 0) is 38.8 Å². The molecule has 25 heavy (non-hydrogen) atoms. The van der Waals surface area contributed by atoms with Crippen molar-refractivity contribution in [3.05, 3.63) is 0 Å². The lowest BCUT2D eigenvalue weighted by Gasteiger charge is -2.15. The molecule has 0 aliphatic heterocycles. The van der Waals surface area contributed by atoms with Gasteiger partial charge in [0.15, 0.2) is 0 Å². The van der Waals surface area contributed by atoms with Gasteiger partial charge in [0.05, 0.1) is 27.2 Å². The lowest BCUT2D eigenvalue weighted by molar-refractivity contribution is -0.502. The van der Waals surface area contributed by atoms with E-state index in [9.17, 15) is 0 Å². The van der Waals surface area contributed by atoms with Crippen molar-refractivity contribution < 1.29 is 4.58 Å². The van der Waals surface area contributed by atoms with E-state index in [4.69, 9.17) is 11.5 Å². The van der Waals surface area contributed by atoms with Gasteiger partial charge in [0.2, 0.25) is 5.84 Å². The van der Waals surface area contributed by atoms with Gasteiger partial charge in [0, 0.05) is 6.92 Å². The zero-order valence-corrected chi connectivity index (χ0v) is 18.2. The first-order valence-corrected chi connectivity index (χ1v) is 10.8. The molecule has 0 saturated carbocycles. The maximum Gasteiger partial charge on any atom is 0.243 e. The van der Waals surface area contributed by atoms with E-state index >= 15 is 0 Å². The van der Waals surface area contributed by atoms with Crippen molar-refractivity contribution in [2.24, 2.45) is 11.5 Å². The van der Waals surface area contributed by atoms with Crippen LogP contribution in [0.2, 0.25) is 0 Å². The van der Waals surface area contributed by atoms with E-state index in [0.29, 0.717) is 0 Å². The summed E-state index contributed by atoms with van der Waals surface area (Å²) in [6.45, 7) is 10.1. The summed E-state index contributed by atoms with van der Waals surface area (Å²) in [5.74, 6) is 1.36. The van der Waals surface area contributed by atoms with Crippen LogP contribution in [0, 0.1) is 0 Å². The predicted molar refractivity (Wildman–Crippen MR) is 115 cm³/mol. The molecular formula is C21H49N4+. The summed E-state index contributed by atoms with van der Waals surface area (Å²) in [7, 11) is 4.37. The zero-order chi connectivity index (χ0) is 19.3. The van der Waals surface area contributed by atoms with Gasteiger partial charge in [-0.3, -0.25) is 9.48 Å². The first-order valence-electron chi connectivity index (χ1n) is 10.8. The van der Waals surface area contributed by atoms with Gasteiger partial charge in [0.1, 0.15) is 0 Å². The minimum absolute atomic E-state index is 0.772. The SMILES string of the molecule is CC.CC(N(C)CCCCCCCCCCCCN)=[N+](C)CCCN. The van der Waals surface area contributed by atoms with Gasteiger partial charge in [0.25, 0.3) is 0 Å². The first-order chi connectivity index (χ1) is 12.1. The molecule has 4 N–H and O–H groups in total. The number of amidine groups is 1. The number of hydrogen-bond donors (Lipinski definition) is 2. The predicted octanol–water partition coefficient (Wildman–Crippen LogP) is 4.21. The number of nitrogens with zero attached hydrogens (tertiary/aromatic N) is 2. The molecule has 0 amide bonds. The monoisotopic (exact) mass is 357 g/mol. The molecule has 4 nitrogen and oxygen atoms in total. The van der Waals surface area contributed by atoms with Gasteiger partial charge in [-0.1, -0.05) is 58.8 Å². The molecule has 0 radical (unpaired) electrons. The topological polar surface area (TPSA) is 58.3 Å².